The predicted molar refractivity (Wildman–Crippen MR) is 73.7 cm³/mol. The summed E-state index contributed by atoms with van der Waals surface area (Å²) in [5.74, 6) is -1.19. The fraction of sp³-hybridized carbons (Fsp3) is 0.400. The molecule has 0 atom stereocenters. The maximum Gasteiger partial charge on any atom is 0.299 e. The molecule has 0 unspecified atom stereocenters. The summed E-state index contributed by atoms with van der Waals surface area (Å²) in [6, 6.07) is 5.24. The second-order valence-corrected chi connectivity index (χ2v) is 5.28. The number of likely N-dealkylation sites (tertiary alicyclic amines) is 1. The number of benzene rings is 1. The molecule has 2 aliphatic rings. The molecule has 2 amide bonds. The molecule has 20 heavy (non-hydrogen) atoms. The van der Waals surface area contributed by atoms with Crippen LogP contribution >= 0.6 is 0 Å². The molecule has 2 aliphatic heterocycles. The molecule has 3 rings (SSSR count). The van der Waals surface area contributed by atoms with E-state index in [1.807, 2.05) is 13.0 Å². The maximum atomic E-state index is 12.2. The van der Waals surface area contributed by atoms with Crippen LogP contribution in [0.3, 0.4) is 0 Å². The van der Waals surface area contributed by atoms with Crippen molar-refractivity contribution in [2.24, 2.45) is 0 Å². The second kappa shape index (κ2) is 4.74. The first-order valence-corrected chi connectivity index (χ1v) is 6.83. The molecule has 1 fully saturated rings. The lowest BCUT2D eigenvalue weighted by Crippen LogP contribution is -2.41. The van der Waals surface area contributed by atoms with Crippen LogP contribution in [0, 0.1) is 6.92 Å². The Morgan fingerprint density at radius 2 is 1.90 bits per heavy atom. The van der Waals surface area contributed by atoms with E-state index in [0.717, 1.165) is 31.5 Å². The highest BCUT2D eigenvalue weighted by Crippen LogP contribution is 2.32. The molecule has 0 aromatic heterocycles. The first-order valence-electron chi connectivity index (χ1n) is 6.83. The third-order valence-electron chi connectivity index (χ3n) is 3.94. The number of hydrogen-bond acceptors (Lipinski definition) is 3. The number of aryl methyl sites for hydroxylation is 1. The number of carbonyl (C=O) groups excluding carboxylic acids is 3. The van der Waals surface area contributed by atoms with Crippen molar-refractivity contribution < 1.29 is 14.4 Å². The Balaban J connectivity index is 1.89. The molecule has 0 N–H and O–H groups in total. The summed E-state index contributed by atoms with van der Waals surface area (Å²) >= 11 is 0. The van der Waals surface area contributed by atoms with Gasteiger partial charge in [-0.3, -0.25) is 19.3 Å². The van der Waals surface area contributed by atoms with E-state index in [0.29, 0.717) is 11.3 Å². The summed E-state index contributed by atoms with van der Waals surface area (Å²) in [6.07, 6.45) is 2.02. The number of hydrogen-bond donors (Lipinski definition) is 0. The average Bonchev–Trinajstić information content (AvgIpc) is 3.03. The van der Waals surface area contributed by atoms with Crippen LogP contribution in [0.4, 0.5) is 5.69 Å². The fourth-order valence-electron chi connectivity index (χ4n) is 2.89. The van der Waals surface area contributed by atoms with E-state index in [-0.39, 0.29) is 12.5 Å². The van der Waals surface area contributed by atoms with Crippen molar-refractivity contribution in [1.29, 1.82) is 0 Å². The minimum atomic E-state index is -0.596. The number of anilines is 1. The van der Waals surface area contributed by atoms with Crippen LogP contribution in [0.25, 0.3) is 0 Å². The lowest BCUT2D eigenvalue weighted by Gasteiger charge is -2.22. The Bertz CT molecular complexity index is 603. The minimum Gasteiger partial charge on any atom is -0.341 e. The van der Waals surface area contributed by atoms with Crippen molar-refractivity contribution in [1.82, 2.24) is 4.90 Å². The van der Waals surface area contributed by atoms with Crippen molar-refractivity contribution in [2.75, 3.05) is 24.5 Å². The molecule has 0 spiro atoms. The minimum absolute atomic E-state index is 0.0393. The molecule has 5 heteroatoms. The van der Waals surface area contributed by atoms with Gasteiger partial charge in [0.15, 0.2) is 0 Å². The van der Waals surface area contributed by atoms with E-state index >= 15 is 0 Å². The average molecular weight is 272 g/mol. The van der Waals surface area contributed by atoms with Gasteiger partial charge in [0.05, 0.1) is 11.3 Å². The van der Waals surface area contributed by atoms with Gasteiger partial charge in [0.2, 0.25) is 5.91 Å². The van der Waals surface area contributed by atoms with Gasteiger partial charge < -0.3 is 4.90 Å². The van der Waals surface area contributed by atoms with Crippen LogP contribution in [0.5, 0.6) is 0 Å². The number of ketones is 1. The van der Waals surface area contributed by atoms with Gasteiger partial charge in [0.25, 0.3) is 11.7 Å². The van der Waals surface area contributed by atoms with E-state index < -0.39 is 11.7 Å². The van der Waals surface area contributed by atoms with Gasteiger partial charge in [-0.1, -0.05) is 12.1 Å². The van der Waals surface area contributed by atoms with Crippen LogP contribution in [-0.2, 0) is 9.59 Å². The number of nitrogens with zero attached hydrogens (tertiary/aromatic N) is 2. The number of fused-ring (bicyclic) bond motifs is 1. The number of Topliss-reactive ketones (excluding diaryl/α,β-unsaturated/α-hetero) is 1. The highest BCUT2D eigenvalue weighted by atomic mass is 16.2. The Labute approximate surface area is 117 Å². The van der Waals surface area contributed by atoms with Gasteiger partial charge in [0, 0.05) is 13.1 Å². The zero-order valence-corrected chi connectivity index (χ0v) is 11.4. The molecular weight excluding hydrogens is 256 g/mol. The number of para-hydroxylation sites is 1. The van der Waals surface area contributed by atoms with E-state index in [4.69, 9.17) is 0 Å². The molecular formula is C15H16N2O3. The standard InChI is InChI=1S/C15H16N2O3/c1-10-5-4-6-11-13(10)17(15(20)14(11)19)9-12(18)16-7-2-3-8-16/h4-6H,2-3,7-9H2,1H3. The van der Waals surface area contributed by atoms with E-state index in [9.17, 15) is 14.4 Å². The summed E-state index contributed by atoms with van der Waals surface area (Å²) in [6.45, 7) is 3.30. The van der Waals surface area contributed by atoms with Gasteiger partial charge in [-0.2, -0.15) is 0 Å². The first-order chi connectivity index (χ1) is 9.59. The lowest BCUT2D eigenvalue weighted by molar-refractivity contribution is -0.129. The van der Waals surface area contributed by atoms with Gasteiger partial charge in [0.1, 0.15) is 6.54 Å². The summed E-state index contributed by atoms with van der Waals surface area (Å²) in [5, 5.41) is 0. The van der Waals surface area contributed by atoms with Crippen LogP contribution in [-0.4, -0.2) is 42.1 Å². The SMILES string of the molecule is Cc1cccc2c1N(CC(=O)N1CCCC1)C(=O)C2=O. The van der Waals surface area contributed by atoms with Crippen LogP contribution in [0.2, 0.25) is 0 Å². The van der Waals surface area contributed by atoms with E-state index in [2.05, 4.69) is 0 Å². The molecule has 5 nitrogen and oxygen atoms in total. The van der Waals surface area contributed by atoms with Gasteiger partial charge in [-0.05, 0) is 31.4 Å². The molecule has 0 aliphatic carbocycles. The Morgan fingerprint density at radius 1 is 1.20 bits per heavy atom. The molecule has 0 saturated carbocycles. The quantitative estimate of drug-likeness (QED) is 0.759. The third-order valence-corrected chi connectivity index (χ3v) is 3.94. The van der Waals surface area contributed by atoms with Crippen LogP contribution in [0.1, 0.15) is 28.8 Å². The van der Waals surface area contributed by atoms with Crippen LogP contribution in [0.15, 0.2) is 18.2 Å². The summed E-state index contributed by atoms with van der Waals surface area (Å²) in [7, 11) is 0. The number of rotatable bonds is 2. The maximum absolute atomic E-state index is 12.2. The summed E-state index contributed by atoms with van der Waals surface area (Å²) in [5.41, 5.74) is 1.84. The fourth-order valence-corrected chi connectivity index (χ4v) is 2.89. The normalized spacial score (nSPS) is 17.9. The smallest absolute Gasteiger partial charge is 0.299 e. The van der Waals surface area contributed by atoms with E-state index in [1.165, 1.54) is 4.90 Å². The number of carbonyl (C=O) groups is 3. The molecule has 0 radical (unpaired) electrons. The van der Waals surface area contributed by atoms with Crippen molar-refractivity contribution in [2.45, 2.75) is 19.8 Å². The second-order valence-electron chi connectivity index (χ2n) is 5.28. The predicted octanol–water partition coefficient (Wildman–Crippen LogP) is 1.15. The molecule has 1 aromatic rings. The van der Waals surface area contributed by atoms with Gasteiger partial charge in [-0.25, -0.2) is 0 Å². The monoisotopic (exact) mass is 272 g/mol. The molecule has 2 heterocycles. The van der Waals surface area contributed by atoms with Gasteiger partial charge >= 0.3 is 0 Å². The summed E-state index contributed by atoms with van der Waals surface area (Å²) < 4.78 is 0. The number of amides is 2. The lowest BCUT2D eigenvalue weighted by atomic mass is 10.1. The molecule has 1 aromatic carbocycles. The zero-order valence-electron chi connectivity index (χ0n) is 11.4. The van der Waals surface area contributed by atoms with Gasteiger partial charge in [-0.15, -0.1) is 0 Å². The zero-order chi connectivity index (χ0) is 14.3. The summed E-state index contributed by atoms with van der Waals surface area (Å²) in [4.78, 5) is 39.3. The third kappa shape index (κ3) is 1.90. The molecule has 104 valence electrons. The van der Waals surface area contributed by atoms with E-state index in [1.54, 1.807) is 17.0 Å². The Hall–Kier alpha value is -2.17. The van der Waals surface area contributed by atoms with Crippen molar-refractivity contribution in [3.05, 3.63) is 29.3 Å². The highest BCUT2D eigenvalue weighted by Gasteiger charge is 2.38. The topological polar surface area (TPSA) is 57.7 Å². The van der Waals surface area contributed by atoms with Crippen molar-refractivity contribution in [3.8, 4) is 0 Å². The highest BCUT2D eigenvalue weighted by molar-refractivity contribution is 6.52. The van der Waals surface area contributed by atoms with Crippen molar-refractivity contribution in [3.63, 3.8) is 0 Å². The first kappa shape index (κ1) is 12.8. The Morgan fingerprint density at radius 3 is 2.60 bits per heavy atom. The van der Waals surface area contributed by atoms with Crippen molar-refractivity contribution >= 4 is 23.3 Å². The molecule has 0 bridgehead atoms. The Kier molecular flexibility index (Phi) is 3.04. The molecule has 1 saturated heterocycles. The van der Waals surface area contributed by atoms with Crippen LogP contribution < -0.4 is 4.90 Å². The largest absolute Gasteiger partial charge is 0.341 e.